The first-order chi connectivity index (χ1) is 12.5. The van der Waals surface area contributed by atoms with E-state index < -0.39 is 0 Å². The van der Waals surface area contributed by atoms with Gasteiger partial charge in [0.25, 0.3) is 0 Å². The molecule has 0 saturated carbocycles. The molecule has 3 N–H and O–H groups in total. The van der Waals surface area contributed by atoms with Crippen LogP contribution < -0.4 is 20.7 Å². The van der Waals surface area contributed by atoms with Gasteiger partial charge in [0, 0.05) is 17.8 Å². The normalized spacial score (nSPS) is 10.3. The largest absolute Gasteiger partial charge is 0.489 e. The Morgan fingerprint density at radius 1 is 0.923 bits per heavy atom. The minimum absolute atomic E-state index is 0.0258. The Labute approximate surface area is 153 Å². The Hall–Kier alpha value is -3.02. The number of hydrogen-bond donors (Lipinski definition) is 3. The smallest absolute Gasteiger partial charge is 0.243 e. The predicted octanol–water partition coefficient (Wildman–Crippen LogP) is 3.87. The highest BCUT2D eigenvalue weighted by atomic mass is 16.5. The van der Waals surface area contributed by atoms with Gasteiger partial charge in [-0.2, -0.15) is 0 Å². The van der Waals surface area contributed by atoms with Gasteiger partial charge < -0.3 is 20.7 Å². The first-order valence-corrected chi connectivity index (χ1v) is 8.67. The van der Waals surface area contributed by atoms with Gasteiger partial charge in [-0.25, -0.2) is 0 Å². The molecule has 0 fully saturated rings. The van der Waals surface area contributed by atoms with E-state index in [1.807, 2.05) is 44.2 Å². The molecular weight excluding hydrogens is 330 g/mol. The molecule has 0 atom stereocenters. The molecule has 26 heavy (non-hydrogen) atoms. The third kappa shape index (κ3) is 6.12. The predicted molar refractivity (Wildman–Crippen MR) is 105 cm³/mol. The van der Waals surface area contributed by atoms with E-state index in [0.717, 1.165) is 11.4 Å². The molecule has 6 nitrogen and oxygen atoms in total. The summed E-state index contributed by atoms with van der Waals surface area (Å²) in [6.45, 7) is 5.80. The van der Waals surface area contributed by atoms with Crippen LogP contribution >= 0.6 is 0 Å². The van der Waals surface area contributed by atoms with Crippen molar-refractivity contribution >= 4 is 28.9 Å². The number of benzene rings is 2. The number of carbonyl (C=O) groups excluding carboxylic acids is 2. The van der Waals surface area contributed by atoms with Gasteiger partial charge in [0.2, 0.25) is 11.8 Å². The highest BCUT2D eigenvalue weighted by Gasteiger charge is 2.09. The minimum atomic E-state index is -0.173. The van der Waals surface area contributed by atoms with Gasteiger partial charge >= 0.3 is 0 Å². The van der Waals surface area contributed by atoms with Crippen LogP contribution in [0.4, 0.5) is 17.1 Å². The van der Waals surface area contributed by atoms with Crippen molar-refractivity contribution in [2.45, 2.75) is 33.3 Å². The Morgan fingerprint density at radius 3 is 2.23 bits per heavy atom. The quantitative estimate of drug-likeness (QED) is 0.671. The Morgan fingerprint density at radius 2 is 1.58 bits per heavy atom. The van der Waals surface area contributed by atoms with Crippen molar-refractivity contribution in [3.05, 3.63) is 48.5 Å². The number of ether oxygens (including phenoxy) is 1. The Balaban J connectivity index is 1.88. The number of hydrogen-bond acceptors (Lipinski definition) is 4. The lowest BCUT2D eigenvalue weighted by Gasteiger charge is -2.15. The third-order valence-corrected chi connectivity index (χ3v) is 3.47. The van der Waals surface area contributed by atoms with Crippen LogP contribution in [-0.4, -0.2) is 24.5 Å². The maximum absolute atomic E-state index is 12.2. The SMILES string of the molecule is CCC(=O)Nc1ccc(NCC(=O)Nc2ccccc2OC(C)C)cc1. The maximum atomic E-state index is 12.2. The number of rotatable bonds is 8. The molecule has 0 aromatic heterocycles. The molecular formula is C20H25N3O3. The van der Waals surface area contributed by atoms with Gasteiger partial charge in [-0.15, -0.1) is 0 Å². The van der Waals surface area contributed by atoms with Crippen molar-refractivity contribution < 1.29 is 14.3 Å². The lowest BCUT2D eigenvalue weighted by atomic mass is 10.2. The minimum Gasteiger partial charge on any atom is -0.489 e. The zero-order valence-corrected chi connectivity index (χ0v) is 15.3. The van der Waals surface area contributed by atoms with Gasteiger partial charge in [-0.1, -0.05) is 19.1 Å². The average Bonchev–Trinajstić information content (AvgIpc) is 2.62. The van der Waals surface area contributed by atoms with Gasteiger partial charge in [-0.3, -0.25) is 9.59 Å². The van der Waals surface area contributed by atoms with Gasteiger partial charge in [0.1, 0.15) is 5.75 Å². The number of nitrogens with one attached hydrogen (secondary N) is 3. The molecule has 0 aliphatic heterocycles. The fraction of sp³-hybridized carbons (Fsp3) is 0.300. The Kier molecular flexibility index (Phi) is 7.02. The second-order valence-electron chi connectivity index (χ2n) is 6.04. The van der Waals surface area contributed by atoms with E-state index in [4.69, 9.17) is 4.74 Å². The van der Waals surface area contributed by atoms with Gasteiger partial charge in [-0.05, 0) is 50.2 Å². The van der Waals surface area contributed by atoms with Crippen molar-refractivity contribution in [3.8, 4) is 5.75 Å². The summed E-state index contributed by atoms with van der Waals surface area (Å²) in [7, 11) is 0. The van der Waals surface area contributed by atoms with Crippen LogP contribution in [0, 0.1) is 0 Å². The van der Waals surface area contributed by atoms with Crippen LogP contribution in [0.25, 0.3) is 0 Å². The monoisotopic (exact) mass is 355 g/mol. The topological polar surface area (TPSA) is 79.5 Å². The van der Waals surface area contributed by atoms with Crippen molar-refractivity contribution in [2.24, 2.45) is 0 Å². The van der Waals surface area contributed by atoms with E-state index in [-0.39, 0.29) is 24.5 Å². The molecule has 0 radical (unpaired) electrons. The fourth-order valence-corrected chi connectivity index (χ4v) is 2.22. The summed E-state index contributed by atoms with van der Waals surface area (Å²) in [5.74, 6) is 0.437. The van der Waals surface area contributed by atoms with Crippen LogP contribution in [0.3, 0.4) is 0 Å². The van der Waals surface area contributed by atoms with Gasteiger partial charge in [0.05, 0.1) is 18.3 Å². The second kappa shape index (κ2) is 9.46. The lowest BCUT2D eigenvalue weighted by molar-refractivity contribution is -0.116. The molecule has 6 heteroatoms. The maximum Gasteiger partial charge on any atom is 0.243 e. The highest BCUT2D eigenvalue weighted by Crippen LogP contribution is 2.24. The van der Waals surface area contributed by atoms with Crippen LogP contribution in [0.2, 0.25) is 0 Å². The number of carbonyl (C=O) groups is 2. The van der Waals surface area contributed by atoms with Crippen LogP contribution in [0.1, 0.15) is 27.2 Å². The molecule has 0 heterocycles. The van der Waals surface area contributed by atoms with Crippen molar-refractivity contribution in [1.82, 2.24) is 0 Å². The molecule has 2 aromatic rings. The summed E-state index contributed by atoms with van der Waals surface area (Å²) >= 11 is 0. The summed E-state index contributed by atoms with van der Waals surface area (Å²) in [6.07, 6.45) is 0.459. The first kappa shape index (κ1) is 19.3. The number of anilines is 3. The van der Waals surface area contributed by atoms with Crippen molar-refractivity contribution in [3.63, 3.8) is 0 Å². The molecule has 138 valence electrons. The van der Waals surface area contributed by atoms with Crippen LogP contribution in [0.15, 0.2) is 48.5 Å². The first-order valence-electron chi connectivity index (χ1n) is 8.67. The highest BCUT2D eigenvalue weighted by molar-refractivity contribution is 5.95. The molecule has 2 aromatic carbocycles. The van der Waals surface area contributed by atoms with E-state index >= 15 is 0 Å². The molecule has 0 saturated heterocycles. The fourth-order valence-electron chi connectivity index (χ4n) is 2.22. The standard InChI is InChI=1S/C20H25N3O3/c1-4-19(24)22-16-11-9-15(10-12-16)21-13-20(25)23-17-7-5-6-8-18(17)26-14(2)3/h5-12,14,21H,4,13H2,1-3H3,(H,22,24)(H,23,25). The van der Waals surface area contributed by atoms with Crippen molar-refractivity contribution in [2.75, 3.05) is 22.5 Å². The summed E-state index contributed by atoms with van der Waals surface area (Å²) in [4.78, 5) is 23.5. The summed E-state index contributed by atoms with van der Waals surface area (Å²) in [6, 6.07) is 14.6. The van der Waals surface area contributed by atoms with E-state index in [1.54, 1.807) is 25.1 Å². The molecule has 2 amide bonds. The molecule has 0 spiro atoms. The zero-order chi connectivity index (χ0) is 18.9. The summed E-state index contributed by atoms with van der Waals surface area (Å²) in [5, 5.41) is 8.68. The molecule has 0 aliphatic carbocycles. The van der Waals surface area contributed by atoms with Crippen LogP contribution in [0.5, 0.6) is 5.75 Å². The van der Waals surface area contributed by atoms with E-state index in [1.165, 1.54) is 0 Å². The van der Waals surface area contributed by atoms with E-state index in [0.29, 0.717) is 17.9 Å². The third-order valence-electron chi connectivity index (χ3n) is 3.47. The summed E-state index contributed by atoms with van der Waals surface area (Å²) in [5.41, 5.74) is 2.17. The average molecular weight is 355 g/mol. The molecule has 0 aliphatic rings. The zero-order valence-electron chi connectivity index (χ0n) is 15.3. The Bertz CT molecular complexity index is 742. The molecule has 0 bridgehead atoms. The second-order valence-corrected chi connectivity index (χ2v) is 6.04. The lowest BCUT2D eigenvalue weighted by Crippen LogP contribution is -2.22. The number of para-hydroxylation sites is 2. The summed E-state index contributed by atoms with van der Waals surface area (Å²) < 4.78 is 5.69. The molecule has 2 rings (SSSR count). The van der Waals surface area contributed by atoms with E-state index in [2.05, 4.69) is 16.0 Å². The number of amides is 2. The molecule has 0 unspecified atom stereocenters. The van der Waals surface area contributed by atoms with Gasteiger partial charge in [0.15, 0.2) is 0 Å². The van der Waals surface area contributed by atoms with Crippen molar-refractivity contribution in [1.29, 1.82) is 0 Å². The van der Waals surface area contributed by atoms with E-state index in [9.17, 15) is 9.59 Å². The van der Waals surface area contributed by atoms with Crippen LogP contribution in [-0.2, 0) is 9.59 Å².